The zero-order valence-electron chi connectivity index (χ0n) is 14.4. The SMILES string of the molecule is COc1ccc(CN2C(=O)NC(CC(=O)Nc3cnn(C)c3)C2=O)cc1. The average molecular weight is 357 g/mol. The van der Waals surface area contributed by atoms with Crippen LogP contribution in [0.4, 0.5) is 10.5 Å². The number of hydrogen-bond donors (Lipinski definition) is 2. The van der Waals surface area contributed by atoms with Crippen molar-refractivity contribution >= 4 is 23.5 Å². The molecule has 2 heterocycles. The van der Waals surface area contributed by atoms with Crippen LogP contribution in [0.5, 0.6) is 5.75 Å². The first-order chi connectivity index (χ1) is 12.5. The predicted molar refractivity (Wildman–Crippen MR) is 92.3 cm³/mol. The lowest BCUT2D eigenvalue weighted by Gasteiger charge is -2.13. The Labute approximate surface area is 149 Å². The lowest BCUT2D eigenvalue weighted by molar-refractivity contribution is -0.130. The summed E-state index contributed by atoms with van der Waals surface area (Å²) < 4.78 is 6.63. The predicted octanol–water partition coefficient (Wildman–Crippen LogP) is 0.878. The summed E-state index contributed by atoms with van der Waals surface area (Å²) >= 11 is 0. The Hall–Kier alpha value is -3.36. The van der Waals surface area contributed by atoms with Gasteiger partial charge in [-0.1, -0.05) is 12.1 Å². The number of urea groups is 1. The number of anilines is 1. The maximum Gasteiger partial charge on any atom is 0.325 e. The van der Waals surface area contributed by atoms with Crippen molar-refractivity contribution in [3.05, 3.63) is 42.2 Å². The summed E-state index contributed by atoms with van der Waals surface area (Å²) in [5.41, 5.74) is 1.32. The number of nitrogens with one attached hydrogen (secondary N) is 2. The van der Waals surface area contributed by atoms with E-state index < -0.39 is 18.0 Å². The van der Waals surface area contributed by atoms with E-state index in [-0.39, 0.29) is 18.9 Å². The van der Waals surface area contributed by atoms with Gasteiger partial charge in [-0.05, 0) is 17.7 Å². The van der Waals surface area contributed by atoms with E-state index >= 15 is 0 Å². The minimum atomic E-state index is -0.877. The summed E-state index contributed by atoms with van der Waals surface area (Å²) in [6, 6.07) is 5.69. The zero-order chi connectivity index (χ0) is 18.7. The third-order valence-corrected chi connectivity index (χ3v) is 3.98. The molecule has 0 radical (unpaired) electrons. The van der Waals surface area contributed by atoms with Gasteiger partial charge in [-0.25, -0.2) is 4.79 Å². The minimum Gasteiger partial charge on any atom is -0.497 e. The quantitative estimate of drug-likeness (QED) is 0.747. The summed E-state index contributed by atoms with van der Waals surface area (Å²) in [4.78, 5) is 37.7. The summed E-state index contributed by atoms with van der Waals surface area (Å²) in [7, 11) is 3.29. The molecule has 9 nitrogen and oxygen atoms in total. The Kier molecular flexibility index (Phi) is 4.87. The molecule has 0 saturated carbocycles. The summed E-state index contributed by atoms with van der Waals surface area (Å²) in [6.07, 6.45) is 3.00. The first-order valence-corrected chi connectivity index (χ1v) is 7.99. The van der Waals surface area contributed by atoms with Crippen LogP contribution in [-0.2, 0) is 23.2 Å². The molecule has 0 aliphatic carbocycles. The summed E-state index contributed by atoms with van der Waals surface area (Å²) in [5, 5.41) is 9.14. The highest BCUT2D eigenvalue weighted by molar-refractivity contribution is 6.06. The Balaban J connectivity index is 1.59. The number of carbonyl (C=O) groups is 3. The molecule has 1 unspecified atom stereocenters. The van der Waals surface area contributed by atoms with Crippen molar-refractivity contribution in [2.45, 2.75) is 19.0 Å². The van der Waals surface area contributed by atoms with Crippen LogP contribution in [0.15, 0.2) is 36.7 Å². The van der Waals surface area contributed by atoms with Crippen LogP contribution in [0, 0.1) is 0 Å². The fourth-order valence-corrected chi connectivity index (χ4v) is 2.66. The van der Waals surface area contributed by atoms with Gasteiger partial charge in [0.05, 0.1) is 32.0 Å². The standard InChI is InChI=1S/C17H19N5O4/c1-21-10-12(8-18-21)19-15(23)7-14-16(24)22(17(25)20-14)9-11-3-5-13(26-2)6-4-11/h3-6,8,10,14H,7,9H2,1-2H3,(H,19,23)(H,20,25). The number of methoxy groups -OCH3 is 1. The second-order valence-electron chi connectivity index (χ2n) is 5.93. The maximum atomic E-state index is 12.5. The molecular formula is C17H19N5O4. The lowest BCUT2D eigenvalue weighted by Crippen LogP contribution is -2.34. The van der Waals surface area contributed by atoms with E-state index in [1.54, 1.807) is 49.3 Å². The van der Waals surface area contributed by atoms with Gasteiger partial charge < -0.3 is 15.4 Å². The normalized spacial score (nSPS) is 16.5. The molecule has 1 aliphatic rings. The molecule has 4 amide bonds. The number of imide groups is 1. The molecule has 9 heteroatoms. The number of hydrogen-bond acceptors (Lipinski definition) is 5. The summed E-state index contributed by atoms with van der Waals surface area (Å²) in [5.74, 6) is -0.106. The van der Waals surface area contributed by atoms with Gasteiger partial charge in [0.25, 0.3) is 5.91 Å². The van der Waals surface area contributed by atoms with Crippen molar-refractivity contribution in [3.8, 4) is 5.75 Å². The van der Waals surface area contributed by atoms with E-state index in [1.165, 1.54) is 6.20 Å². The second kappa shape index (κ2) is 7.26. The van der Waals surface area contributed by atoms with Crippen LogP contribution in [0.25, 0.3) is 0 Å². The smallest absolute Gasteiger partial charge is 0.325 e. The van der Waals surface area contributed by atoms with Gasteiger partial charge in [0, 0.05) is 13.2 Å². The van der Waals surface area contributed by atoms with Crippen LogP contribution in [0.2, 0.25) is 0 Å². The molecule has 1 aliphatic heterocycles. The highest BCUT2D eigenvalue weighted by Crippen LogP contribution is 2.17. The van der Waals surface area contributed by atoms with Gasteiger partial charge in [-0.15, -0.1) is 0 Å². The number of aromatic nitrogens is 2. The third kappa shape index (κ3) is 3.82. The minimum absolute atomic E-state index is 0.134. The van der Waals surface area contributed by atoms with Crippen molar-refractivity contribution in [3.63, 3.8) is 0 Å². The molecule has 0 bridgehead atoms. The highest BCUT2D eigenvalue weighted by atomic mass is 16.5. The number of carbonyl (C=O) groups excluding carboxylic acids is 3. The lowest BCUT2D eigenvalue weighted by atomic mass is 10.1. The van der Waals surface area contributed by atoms with E-state index in [0.717, 1.165) is 10.5 Å². The molecule has 1 atom stereocenters. The molecule has 1 fully saturated rings. The van der Waals surface area contributed by atoms with E-state index in [9.17, 15) is 14.4 Å². The van der Waals surface area contributed by atoms with Crippen molar-refractivity contribution < 1.29 is 19.1 Å². The number of amides is 4. The van der Waals surface area contributed by atoms with Crippen molar-refractivity contribution in [1.29, 1.82) is 0 Å². The second-order valence-corrected chi connectivity index (χ2v) is 5.93. The number of ether oxygens (including phenoxy) is 1. The van der Waals surface area contributed by atoms with Crippen molar-refractivity contribution in [1.82, 2.24) is 20.0 Å². The first kappa shape index (κ1) is 17.5. The van der Waals surface area contributed by atoms with Gasteiger partial charge >= 0.3 is 6.03 Å². The van der Waals surface area contributed by atoms with Crippen LogP contribution in [0.1, 0.15) is 12.0 Å². The molecule has 136 valence electrons. The number of benzene rings is 1. The molecule has 26 heavy (non-hydrogen) atoms. The van der Waals surface area contributed by atoms with Crippen LogP contribution in [0.3, 0.4) is 0 Å². The highest BCUT2D eigenvalue weighted by Gasteiger charge is 2.39. The van der Waals surface area contributed by atoms with E-state index in [2.05, 4.69) is 15.7 Å². The maximum absolute atomic E-state index is 12.5. The Morgan fingerprint density at radius 3 is 2.65 bits per heavy atom. The monoisotopic (exact) mass is 357 g/mol. The third-order valence-electron chi connectivity index (χ3n) is 3.98. The van der Waals surface area contributed by atoms with Gasteiger partial charge in [0.15, 0.2) is 0 Å². The fraction of sp³-hybridized carbons (Fsp3) is 0.294. The van der Waals surface area contributed by atoms with E-state index in [0.29, 0.717) is 11.4 Å². The van der Waals surface area contributed by atoms with Crippen molar-refractivity contribution in [2.24, 2.45) is 7.05 Å². The van der Waals surface area contributed by atoms with Gasteiger partial charge in [0.1, 0.15) is 11.8 Å². The van der Waals surface area contributed by atoms with Crippen molar-refractivity contribution in [2.75, 3.05) is 12.4 Å². The van der Waals surface area contributed by atoms with Crippen LogP contribution < -0.4 is 15.4 Å². The Morgan fingerprint density at radius 2 is 2.04 bits per heavy atom. The molecule has 0 spiro atoms. The van der Waals surface area contributed by atoms with Gasteiger partial charge in [0.2, 0.25) is 5.91 Å². The number of aryl methyl sites for hydroxylation is 1. The van der Waals surface area contributed by atoms with E-state index in [4.69, 9.17) is 4.74 Å². The molecule has 1 aromatic carbocycles. The molecular weight excluding hydrogens is 338 g/mol. The zero-order valence-corrected chi connectivity index (χ0v) is 14.4. The molecule has 2 aromatic rings. The molecule has 1 aromatic heterocycles. The largest absolute Gasteiger partial charge is 0.497 e. The first-order valence-electron chi connectivity index (χ1n) is 7.99. The number of nitrogens with zero attached hydrogens (tertiary/aromatic N) is 3. The van der Waals surface area contributed by atoms with E-state index in [1.807, 2.05) is 0 Å². The molecule has 2 N–H and O–H groups in total. The molecule has 1 saturated heterocycles. The van der Waals surface area contributed by atoms with Gasteiger partial charge in [-0.3, -0.25) is 19.2 Å². The van der Waals surface area contributed by atoms with Crippen LogP contribution >= 0.6 is 0 Å². The summed E-state index contributed by atoms with van der Waals surface area (Å²) in [6.45, 7) is 0.134. The fourth-order valence-electron chi connectivity index (χ4n) is 2.66. The van der Waals surface area contributed by atoms with Crippen LogP contribution in [-0.4, -0.2) is 45.7 Å². The number of rotatable bonds is 6. The molecule has 3 rings (SSSR count). The Bertz CT molecular complexity index is 830. The van der Waals surface area contributed by atoms with Gasteiger partial charge in [-0.2, -0.15) is 5.10 Å². The average Bonchev–Trinajstić information content (AvgIpc) is 3.13. The Morgan fingerprint density at radius 1 is 1.31 bits per heavy atom. The topological polar surface area (TPSA) is 106 Å².